The monoisotopic (exact) mass is 264 g/mol. The van der Waals surface area contributed by atoms with Crippen LogP contribution in [0.2, 0.25) is 0 Å². The van der Waals surface area contributed by atoms with Crippen molar-refractivity contribution in [2.24, 2.45) is 7.05 Å². The number of hydrogen-bond donors (Lipinski definition) is 1. The number of aliphatic hydroxyl groups excluding tert-OH is 1. The zero-order chi connectivity index (χ0) is 13.8. The van der Waals surface area contributed by atoms with Gasteiger partial charge in [0.1, 0.15) is 0 Å². The maximum Gasteiger partial charge on any atom is 0.165 e. The van der Waals surface area contributed by atoms with Gasteiger partial charge in [0.05, 0.1) is 18.9 Å². The van der Waals surface area contributed by atoms with Gasteiger partial charge in [-0.1, -0.05) is 6.07 Å². The second-order valence-corrected chi connectivity index (χ2v) is 4.49. The maximum absolute atomic E-state index is 13.7. The van der Waals surface area contributed by atoms with Crippen molar-refractivity contribution in [3.8, 4) is 5.75 Å². The summed E-state index contributed by atoms with van der Waals surface area (Å²) in [7, 11) is 1.85. The molecule has 0 fully saturated rings. The number of ether oxygens (including phenoxy) is 1. The smallest absolute Gasteiger partial charge is 0.165 e. The van der Waals surface area contributed by atoms with Gasteiger partial charge in [-0.2, -0.15) is 5.10 Å². The van der Waals surface area contributed by atoms with E-state index in [4.69, 9.17) is 4.74 Å². The van der Waals surface area contributed by atoms with Crippen molar-refractivity contribution in [2.75, 3.05) is 6.61 Å². The van der Waals surface area contributed by atoms with Gasteiger partial charge < -0.3 is 9.84 Å². The van der Waals surface area contributed by atoms with E-state index in [0.29, 0.717) is 18.6 Å². The third kappa shape index (κ3) is 3.54. The van der Waals surface area contributed by atoms with E-state index in [1.54, 1.807) is 29.9 Å². The normalized spacial score (nSPS) is 12.4. The summed E-state index contributed by atoms with van der Waals surface area (Å²) in [5.41, 5.74) is 1.58. The molecule has 0 spiro atoms. The van der Waals surface area contributed by atoms with E-state index in [9.17, 15) is 9.50 Å². The zero-order valence-electron chi connectivity index (χ0n) is 11.0. The maximum atomic E-state index is 13.7. The van der Waals surface area contributed by atoms with Gasteiger partial charge in [-0.05, 0) is 30.2 Å². The van der Waals surface area contributed by atoms with Crippen LogP contribution in [0.3, 0.4) is 0 Å². The molecular weight excluding hydrogens is 247 g/mol. The second kappa shape index (κ2) is 5.84. The van der Waals surface area contributed by atoms with Crippen molar-refractivity contribution in [1.82, 2.24) is 9.78 Å². The van der Waals surface area contributed by atoms with Crippen LogP contribution in [0.5, 0.6) is 5.75 Å². The third-order valence-corrected chi connectivity index (χ3v) is 2.84. The quantitative estimate of drug-likeness (QED) is 0.901. The van der Waals surface area contributed by atoms with Crippen molar-refractivity contribution in [3.05, 3.63) is 47.5 Å². The standard InChI is InChI=1S/C14H17FN2O2/c1-10(18)12-3-4-14(13(15)7-12)19-6-5-11-8-16-17(2)9-11/h3-4,7-10,18H,5-6H2,1-2H3/t10-/m1/s1. The Balaban J connectivity index is 1.92. The Kier molecular flexibility index (Phi) is 4.16. The minimum absolute atomic E-state index is 0.202. The van der Waals surface area contributed by atoms with Gasteiger partial charge in [0.2, 0.25) is 0 Å². The Bertz CT molecular complexity index is 552. The molecule has 1 atom stereocenters. The van der Waals surface area contributed by atoms with E-state index in [1.165, 1.54) is 6.07 Å². The van der Waals surface area contributed by atoms with Crippen molar-refractivity contribution >= 4 is 0 Å². The van der Waals surface area contributed by atoms with Crippen LogP contribution in [0.15, 0.2) is 30.6 Å². The lowest BCUT2D eigenvalue weighted by Crippen LogP contribution is -2.03. The molecule has 0 aliphatic carbocycles. The first-order valence-corrected chi connectivity index (χ1v) is 6.14. The van der Waals surface area contributed by atoms with Crippen LogP contribution in [-0.2, 0) is 13.5 Å². The fourth-order valence-electron chi connectivity index (χ4n) is 1.77. The van der Waals surface area contributed by atoms with E-state index < -0.39 is 11.9 Å². The molecule has 0 saturated carbocycles. The zero-order valence-corrected chi connectivity index (χ0v) is 11.0. The van der Waals surface area contributed by atoms with E-state index in [1.807, 2.05) is 13.2 Å². The molecule has 1 N–H and O–H groups in total. The number of nitrogens with zero attached hydrogens (tertiary/aromatic N) is 2. The first-order chi connectivity index (χ1) is 9.06. The van der Waals surface area contributed by atoms with Crippen molar-refractivity contribution in [1.29, 1.82) is 0 Å². The van der Waals surface area contributed by atoms with Crippen LogP contribution >= 0.6 is 0 Å². The molecule has 0 aliphatic heterocycles. The Labute approximate surface area is 111 Å². The Hall–Kier alpha value is -1.88. The number of rotatable bonds is 5. The van der Waals surface area contributed by atoms with E-state index in [-0.39, 0.29) is 5.75 Å². The molecule has 19 heavy (non-hydrogen) atoms. The van der Waals surface area contributed by atoms with Crippen molar-refractivity contribution in [3.63, 3.8) is 0 Å². The topological polar surface area (TPSA) is 47.3 Å². The van der Waals surface area contributed by atoms with Crippen LogP contribution < -0.4 is 4.74 Å². The number of hydrogen-bond acceptors (Lipinski definition) is 3. The first kappa shape index (κ1) is 13.5. The lowest BCUT2D eigenvalue weighted by molar-refractivity contribution is 0.198. The molecule has 2 aromatic rings. The largest absolute Gasteiger partial charge is 0.490 e. The van der Waals surface area contributed by atoms with Crippen LogP contribution in [-0.4, -0.2) is 21.5 Å². The van der Waals surface area contributed by atoms with Crippen LogP contribution in [0.4, 0.5) is 4.39 Å². The highest BCUT2D eigenvalue weighted by molar-refractivity contribution is 5.30. The first-order valence-electron chi connectivity index (χ1n) is 6.14. The number of halogens is 1. The van der Waals surface area contributed by atoms with Gasteiger partial charge in [0, 0.05) is 19.7 Å². The summed E-state index contributed by atoms with van der Waals surface area (Å²) in [6, 6.07) is 4.50. The Morgan fingerprint density at radius 2 is 2.26 bits per heavy atom. The minimum Gasteiger partial charge on any atom is -0.490 e. The second-order valence-electron chi connectivity index (χ2n) is 4.49. The lowest BCUT2D eigenvalue weighted by atomic mass is 10.1. The van der Waals surface area contributed by atoms with Gasteiger partial charge in [-0.3, -0.25) is 4.68 Å². The Morgan fingerprint density at radius 1 is 1.47 bits per heavy atom. The molecule has 0 saturated heterocycles. The number of aliphatic hydroxyl groups is 1. The summed E-state index contributed by atoms with van der Waals surface area (Å²) in [4.78, 5) is 0. The summed E-state index contributed by atoms with van der Waals surface area (Å²) >= 11 is 0. The highest BCUT2D eigenvalue weighted by Crippen LogP contribution is 2.22. The van der Waals surface area contributed by atoms with Crippen LogP contribution in [0.1, 0.15) is 24.2 Å². The molecule has 5 heteroatoms. The summed E-state index contributed by atoms with van der Waals surface area (Å²) in [6.45, 7) is 1.98. The summed E-state index contributed by atoms with van der Waals surface area (Å²) < 4.78 is 20.8. The molecule has 2 rings (SSSR count). The number of aryl methyl sites for hydroxylation is 1. The predicted molar refractivity (Wildman–Crippen MR) is 69.4 cm³/mol. The lowest BCUT2D eigenvalue weighted by Gasteiger charge is -2.09. The average molecular weight is 264 g/mol. The molecule has 0 radical (unpaired) electrons. The highest BCUT2D eigenvalue weighted by Gasteiger charge is 2.08. The van der Waals surface area contributed by atoms with Gasteiger partial charge in [0.15, 0.2) is 11.6 Å². The molecule has 1 aromatic carbocycles. The highest BCUT2D eigenvalue weighted by atomic mass is 19.1. The summed E-state index contributed by atoms with van der Waals surface area (Å²) in [6.07, 6.45) is 3.65. The van der Waals surface area contributed by atoms with Crippen LogP contribution in [0.25, 0.3) is 0 Å². The minimum atomic E-state index is -0.682. The molecule has 0 bridgehead atoms. The fraction of sp³-hybridized carbons (Fsp3) is 0.357. The van der Waals surface area contributed by atoms with E-state index in [2.05, 4.69) is 5.10 Å². The molecule has 0 aliphatic rings. The summed E-state index contributed by atoms with van der Waals surface area (Å²) in [5.74, 6) is -0.252. The summed E-state index contributed by atoms with van der Waals surface area (Å²) in [5, 5.41) is 13.4. The number of benzene rings is 1. The predicted octanol–water partition coefficient (Wildman–Crippen LogP) is 2.23. The van der Waals surface area contributed by atoms with Crippen molar-refractivity contribution < 1.29 is 14.2 Å². The molecule has 102 valence electrons. The molecule has 0 unspecified atom stereocenters. The van der Waals surface area contributed by atoms with Gasteiger partial charge in [-0.25, -0.2) is 4.39 Å². The van der Waals surface area contributed by atoms with Gasteiger partial charge in [-0.15, -0.1) is 0 Å². The molecular formula is C14H17FN2O2. The van der Waals surface area contributed by atoms with Gasteiger partial charge >= 0.3 is 0 Å². The Morgan fingerprint density at radius 3 is 2.84 bits per heavy atom. The molecule has 0 amide bonds. The average Bonchev–Trinajstić information content (AvgIpc) is 2.77. The third-order valence-electron chi connectivity index (χ3n) is 2.84. The molecule has 4 nitrogen and oxygen atoms in total. The number of aromatic nitrogens is 2. The van der Waals surface area contributed by atoms with E-state index >= 15 is 0 Å². The van der Waals surface area contributed by atoms with Gasteiger partial charge in [0.25, 0.3) is 0 Å². The fourth-order valence-corrected chi connectivity index (χ4v) is 1.77. The molecule has 1 aromatic heterocycles. The van der Waals surface area contributed by atoms with Crippen LogP contribution in [0, 0.1) is 5.82 Å². The van der Waals surface area contributed by atoms with E-state index in [0.717, 1.165) is 5.56 Å². The van der Waals surface area contributed by atoms with Crippen molar-refractivity contribution in [2.45, 2.75) is 19.4 Å². The molecule has 1 heterocycles. The SMILES string of the molecule is C[C@@H](O)c1ccc(OCCc2cnn(C)c2)c(F)c1.